The van der Waals surface area contributed by atoms with E-state index in [1.165, 1.54) is 0 Å². The first-order chi connectivity index (χ1) is 12.2. The van der Waals surface area contributed by atoms with Crippen molar-refractivity contribution in [2.75, 3.05) is 31.1 Å². The Labute approximate surface area is 146 Å². The quantitative estimate of drug-likeness (QED) is 0.816. The number of oxazole rings is 1. The Morgan fingerprint density at radius 3 is 2.60 bits per heavy atom. The lowest BCUT2D eigenvalue weighted by Gasteiger charge is -2.36. The molecule has 8 nitrogen and oxygen atoms in total. The fourth-order valence-electron chi connectivity index (χ4n) is 3.17. The highest BCUT2D eigenvalue weighted by Crippen LogP contribution is 2.41. The highest BCUT2D eigenvalue weighted by molar-refractivity contribution is 5.48. The maximum atomic E-state index is 9.34. The number of aryl methyl sites for hydroxylation is 1. The fourth-order valence-corrected chi connectivity index (χ4v) is 3.17. The van der Waals surface area contributed by atoms with E-state index in [9.17, 15) is 5.26 Å². The van der Waals surface area contributed by atoms with Crippen LogP contribution in [0.4, 0.5) is 5.88 Å². The van der Waals surface area contributed by atoms with E-state index in [0.717, 1.165) is 57.2 Å². The maximum Gasteiger partial charge on any atom is 0.243 e. The van der Waals surface area contributed by atoms with Gasteiger partial charge in [-0.05, 0) is 19.8 Å². The predicted molar refractivity (Wildman–Crippen MR) is 89.1 cm³/mol. The Bertz CT molecular complexity index is 779. The third-order valence-electron chi connectivity index (χ3n) is 4.96. The highest BCUT2D eigenvalue weighted by Gasteiger charge is 2.33. The molecule has 0 radical (unpaired) electrons. The third kappa shape index (κ3) is 3.12. The molecule has 25 heavy (non-hydrogen) atoms. The Balaban J connectivity index is 1.42. The molecule has 2 aromatic heterocycles. The monoisotopic (exact) mass is 342 g/mol. The SMILES string of the molecule is CCc1noc(C(C)N2CCN(c3oc(C4CC4)nc3C#N)CC2)n1. The van der Waals surface area contributed by atoms with Gasteiger partial charge in [-0.2, -0.15) is 10.2 Å². The van der Waals surface area contributed by atoms with Gasteiger partial charge in [0.15, 0.2) is 5.82 Å². The summed E-state index contributed by atoms with van der Waals surface area (Å²) < 4.78 is 11.3. The minimum atomic E-state index is 0.0853. The number of rotatable bonds is 5. The van der Waals surface area contributed by atoms with Crippen molar-refractivity contribution in [3.63, 3.8) is 0 Å². The molecule has 1 atom stereocenters. The van der Waals surface area contributed by atoms with Crippen molar-refractivity contribution in [3.05, 3.63) is 23.3 Å². The molecule has 0 bridgehead atoms. The van der Waals surface area contributed by atoms with Crippen LogP contribution < -0.4 is 4.90 Å². The normalized spacial score (nSPS) is 19.8. The van der Waals surface area contributed by atoms with E-state index in [4.69, 9.17) is 8.94 Å². The van der Waals surface area contributed by atoms with E-state index in [-0.39, 0.29) is 6.04 Å². The smallest absolute Gasteiger partial charge is 0.243 e. The van der Waals surface area contributed by atoms with Gasteiger partial charge in [-0.1, -0.05) is 12.1 Å². The number of piperazine rings is 1. The van der Waals surface area contributed by atoms with Gasteiger partial charge in [0, 0.05) is 38.5 Å². The second-order valence-electron chi connectivity index (χ2n) is 6.69. The first kappa shape index (κ1) is 16.1. The van der Waals surface area contributed by atoms with Crippen molar-refractivity contribution >= 4 is 5.88 Å². The summed E-state index contributed by atoms with van der Waals surface area (Å²) in [6.45, 7) is 7.35. The van der Waals surface area contributed by atoms with Gasteiger partial charge in [-0.25, -0.2) is 4.98 Å². The molecule has 132 valence electrons. The average Bonchev–Trinajstić information content (AvgIpc) is 3.23. The van der Waals surface area contributed by atoms with Crippen LogP contribution in [0, 0.1) is 11.3 Å². The van der Waals surface area contributed by atoms with Crippen LogP contribution in [0.15, 0.2) is 8.94 Å². The number of hydrogen-bond donors (Lipinski definition) is 0. The third-order valence-corrected chi connectivity index (χ3v) is 4.96. The van der Waals surface area contributed by atoms with Gasteiger partial charge in [0.25, 0.3) is 0 Å². The van der Waals surface area contributed by atoms with Gasteiger partial charge in [0.2, 0.25) is 23.4 Å². The molecule has 8 heteroatoms. The zero-order valence-electron chi connectivity index (χ0n) is 14.6. The molecular weight excluding hydrogens is 320 g/mol. The van der Waals surface area contributed by atoms with Crippen molar-refractivity contribution < 1.29 is 8.94 Å². The van der Waals surface area contributed by atoms with Gasteiger partial charge < -0.3 is 13.8 Å². The molecule has 1 unspecified atom stereocenters. The van der Waals surface area contributed by atoms with Crippen LogP contribution in [0.2, 0.25) is 0 Å². The minimum absolute atomic E-state index is 0.0853. The molecular formula is C17H22N6O2. The number of aromatic nitrogens is 3. The topological polar surface area (TPSA) is 95.2 Å². The number of nitriles is 1. The van der Waals surface area contributed by atoms with Gasteiger partial charge in [-0.15, -0.1) is 0 Å². The Kier molecular flexibility index (Phi) is 4.17. The van der Waals surface area contributed by atoms with Crippen LogP contribution in [0.5, 0.6) is 0 Å². The van der Waals surface area contributed by atoms with Gasteiger partial charge in [-0.3, -0.25) is 4.90 Å². The first-order valence-corrected chi connectivity index (χ1v) is 8.92. The molecule has 2 fully saturated rings. The fraction of sp³-hybridized carbons (Fsp3) is 0.647. The summed E-state index contributed by atoms with van der Waals surface area (Å²) in [5, 5.41) is 13.3. The molecule has 4 rings (SSSR count). The van der Waals surface area contributed by atoms with Crippen molar-refractivity contribution in [2.45, 2.75) is 45.1 Å². The molecule has 1 saturated heterocycles. The summed E-state index contributed by atoms with van der Waals surface area (Å²) in [6, 6.07) is 2.26. The van der Waals surface area contributed by atoms with Crippen molar-refractivity contribution in [3.8, 4) is 6.07 Å². The van der Waals surface area contributed by atoms with Crippen molar-refractivity contribution in [1.82, 2.24) is 20.0 Å². The Morgan fingerprint density at radius 1 is 1.24 bits per heavy atom. The van der Waals surface area contributed by atoms with E-state index >= 15 is 0 Å². The van der Waals surface area contributed by atoms with Crippen LogP contribution in [0.1, 0.15) is 61.9 Å². The molecule has 1 aliphatic heterocycles. The summed E-state index contributed by atoms with van der Waals surface area (Å²) in [6.07, 6.45) is 3.00. The zero-order chi connectivity index (χ0) is 17.4. The summed E-state index contributed by atoms with van der Waals surface area (Å²) in [4.78, 5) is 13.2. The van der Waals surface area contributed by atoms with Crippen LogP contribution in [0.25, 0.3) is 0 Å². The second-order valence-corrected chi connectivity index (χ2v) is 6.69. The second kappa shape index (κ2) is 6.48. The predicted octanol–water partition coefficient (Wildman–Crippen LogP) is 2.25. The van der Waals surface area contributed by atoms with Gasteiger partial charge >= 0.3 is 0 Å². The summed E-state index contributed by atoms with van der Waals surface area (Å²) in [5.41, 5.74) is 0.410. The lowest BCUT2D eigenvalue weighted by Crippen LogP contribution is -2.47. The van der Waals surface area contributed by atoms with Crippen LogP contribution in [-0.4, -0.2) is 46.2 Å². The Hall–Kier alpha value is -2.40. The molecule has 2 aromatic rings. The average molecular weight is 342 g/mol. The van der Waals surface area contributed by atoms with Crippen LogP contribution in [0.3, 0.4) is 0 Å². The number of nitrogens with zero attached hydrogens (tertiary/aromatic N) is 6. The molecule has 0 amide bonds. The van der Waals surface area contributed by atoms with Gasteiger partial charge in [0.1, 0.15) is 6.07 Å². The van der Waals surface area contributed by atoms with Crippen LogP contribution in [-0.2, 0) is 6.42 Å². The highest BCUT2D eigenvalue weighted by atomic mass is 16.5. The van der Waals surface area contributed by atoms with Crippen molar-refractivity contribution in [2.24, 2.45) is 0 Å². The van der Waals surface area contributed by atoms with Gasteiger partial charge in [0.05, 0.1) is 6.04 Å². The van der Waals surface area contributed by atoms with Crippen molar-refractivity contribution in [1.29, 1.82) is 5.26 Å². The van der Waals surface area contributed by atoms with E-state index in [1.807, 2.05) is 6.92 Å². The van der Waals surface area contributed by atoms with E-state index < -0.39 is 0 Å². The summed E-state index contributed by atoms with van der Waals surface area (Å²) in [7, 11) is 0. The minimum Gasteiger partial charge on any atom is -0.423 e. The molecule has 1 saturated carbocycles. The molecule has 0 N–H and O–H groups in total. The Morgan fingerprint density at radius 2 is 2.00 bits per heavy atom. The van der Waals surface area contributed by atoms with E-state index in [2.05, 4.69) is 37.9 Å². The lowest BCUT2D eigenvalue weighted by atomic mass is 10.2. The number of anilines is 1. The number of hydrogen-bond acceptors (Lipinski definition) is 8. The zero-order valence-corrected chi connectivity index (χ0v) is 14.6. The summed E-state index contributed by atoms with van der Waals surface area (Å²) in [5.74, 6) is 3.17. The largest absolute Gasteiger partial charge is 0.423 e. The standard InChI is InChI=1S/C17H22N6O2/c1-3-14-20-15(25-21-14)11(2)22-6-8-23(9-7-22)17-13(10-18)19-16(24-17)12-4-5-12/h11-12H,3-9H2,1-2H3. The first-order valence-electron chi connectivity index (χ1n) is 8.92. The summed E-state index contributed by atoms with van der Waals surface area (Å²) >= 11 is 0. The maximum absolute atomic E-state index is 9.34. The lowest BCUT2D eigenvalue weighted by molar-refractivity contribution is 0.162. The molecule has 2 aliphatic rings. The van der Waals surface area contributed by atoms with E-state index in [1.54, 1.807) is 0 Å². The molecule has 0 spiro atoms. The molecule has 0 aromatic carbocycles. The molecule has 3 heterocycles. The van der Waals surface area contributed by atoms with Crippen LogP contribution >= 0.6 is 0 Å². The van der Waals surface area contributed by atoms with E-state index in [0.29, 0.717) is 23.4 Å². The molecule has 1 aliphatic carbocycles.